The van der Waals surface area contributed by atoms with Crippen LogP contribution in [-0.2, 0) is 13.2 Å². The predicted molar refractivity (Wildman–Crippen MR) is 120 cm³/mol. The van der Waals surface area contributed by atoms with Crippen molar-refractivity contribution >= 4 is 11.8 Å². The van der Waals surface area contributed by atoms with Crippen molar-refractivity contribution in [3.63, 3.8) is 0 Å². The fourth-order valence-electron chi connectivity index (χ4n) is 4.89. The third kappa shape index (κ3) is 4.63. The van der Waals surface area contributed by atoms with Crippen molar-refractivity contribution in [1.29, 1.82) is 0 Å². The summed E-state index contributed by atoms with van der Waals surface area (Å²) < 4.78 is 40.4. The number of hydrogen-bond donors (Lipinski definition) is 0. The molecular weight excluding hydrogens is 449 g/mol. The van der Waals surface area contributed by atoms with Crippen LogP contribution in [-0.4, -0.2) is 55.0 Å². The molecule has 6 nitrogen and oxygen atoms in total. The van der Waals surface area contributed by atoms with Crippen LogP contribution in [0.5, 0.6) is 0 Å². The van der Waals surface area contributed by atoms with Gasteiger partial charge < -0.3 is 9.47 Å². The van der Waals surface area contributed by atoms with Gasteiger partial charge in [0.1, 0.15) is 12.0 Å². The molecule has 0 bridgehead atoms. The molecule has 10 heteroatoms. The molecule has 2 atom stereocenters. The van der Waals surface area contributed by atoms with Crippen molar-refractivity contribution in [3.8, 4) is 11.5 Å². The van der Waals surface area contributed by atoms with Crippen molar-refractivity contribution in [3.05, 3.63) is 54.0 Å². The molecule has 0 unspecified atom stereocenters. The molecule has 2 aliphatic rings. The smallest absolute Gasteiger partial charge is 0.304 e. The Labute approximate surface area is 194 Å². The van der Waals surface area contributed by atoms with Gasteiger partial charge in [-0.2, -0.15) is 13.2 Å². The number of hydrogen-bond acceptors (Lipinski definition) is 6. The Morgan fingerprint density at radius 1 is 1.15 bits per heavy atom. The number of halogens is 3. The third-order valence-electron chi connectivity index (χ3n) is 6.79. The Morgan fingerprint density at radius 2 is 1.97 bits per heavy atom. The van der Waals surface area contributed by atoms with E-state index in [-0.39, 0.29) is 5.41 Å². The summed E-state index contributed by atoms with van der Waals surface area (Å²) in [6.45, 7) is 3.11. The van der Waals surface area contributed by atoms with E-state index in [0.29, 0.717) is 5.92 Å². The maximum absolute atomic E-state index is 12.8. The Kier molecular flexibility index (Phi) is 5.90. The molecule has 0 radical (unpaired) electrons. The molecule has 174 valence electrons. The fraction of sp³-hybridized carbons (Fsp3) is 0.478. The van der Waals surface area contributed by atoms with Crippen molar-refractivity contribution in [1.82, 2.24) is 29.6 Å². The first-order valence-electron chi connectivity index (χ1n) is 11.0. The molecule has 2 fully saturated rings. The molecule has 5 rings (SSSR count). The second-order valence-corrected chi connectivity index (χ2v) is 9.99. The van der Waals surface area contributed by atoms with Crippen LogP contribution in [0.3, 0.4) is 0 Å². The summed E-state index contributed by atoms with van der Waals surface area (Å²) >= 11 is 1.69. The summed E-state index contributed by atoms with van der Waals surface area (Å²) in [6.07, 6.45) is 2.16. The molecule has 1 aliphatic carbocycles. The first kappa shape index (κ1) is 22.3. The number of thioether (sulfide) groups is 1. The molecule has 2 aromatic heterocycles. The average Bonchev–Trinajstić information content (AvgIpc) is 3.15. The van der Waals surface area contributed by atoms with Gasteiger partial charge in [0.15, 0.2) is 11.0 Å². The van der Waals surface area contributed by atoms with Crippen molar-refractivity contribution in [2.24, 2.45) is 12.5 Å². The lowest BCUT2D eigenvalue weighted by molar-refractivity contribution is -0.137. The Hall–Kier alpha value is -2.46. The summed E-state index contributed by atoms with van der Waals surface area (Å²) in [5.74, 6) is 2.06. The van der Waals surface area contributed by atoms with Gasteiger partial charge in [0.25, 0.3) is 0 Å². The molecule has 33 heavy (non-hydrogen) atoms. The molecule has 0 amide bonds. The Bertz CT molecular complexity index is 1100. The van der Waals surface area contributed by atoms with Gasteiger partial charge in [-0.1, -0.05) is 23.9 Å². The molecule has 1 spiro atoms. The van der Waals surface area contributed by atoms with Gasteiger partial charge in [-0.15, -0.1) is 10.2 Å². The average molecular weight is 475 g/mol. The molecule has 1 saturated heterocycles. The normalized spacial score (nSPS) is 22.8. The van der Waals surface area contributed by atoms with Gasteiger partial charge in [-0.05, 0) is 67.4 Å². The summed E-state index contributed by atoms with van der Waals surface area (Å²) in [5, 5.41) is 9.41. The van der Waals surface area contributed by atoms with E-state index in [9.17, 15) is 13.2 Å². The minimum atomic E-state index is -4.27. The Morgan fingerprint density at radius 3 is 2.70 bits per heavy atom. The number of likely N-dealkylation sites (tertiary alicyclic amines) is 1. The minimum absolute atomic E-state index is 0.253. The summed E-state index contributed by atoms with van der Waals surface area (Å²) in [6, 6.07) is 7.58. The van der Waals surface area contributed by atoms with E-state index in [4.69, 9.17) is 0 Å². The van der Waals surface area contributed by atoms with E-state index in [0.717, 1.165) is 66.9 Å². The van der Waals surface area contributed by atoms with Crippen molar-refractivity contribution in [2.45, 2.75) is 36.5 Å². The number of alkyl halides is 3. The first-order chi connectivity index (χ1) is 15.9. The monoisotopic (exact) mass is 474 g/mol. The zero-order valence-electron chi connectivity index (χ0n) is 18.3. The van der Waals surface area contributed by atoms with Crippen LogP contribution in [0.2, 0.25) is 0 Å². The van der Waals surface area contributed by atoms with Gasteiger partial charge in [-0.3, -0.25) is 0 Å². The van der Waals surface area contributed by atoms with E-state index in [1.807, 2.05) is 17.7 Å². The van der Waals surface area contributed by atoms with Gasteiger partial charge in [0.05, 0.1) is 5.56 Å². The topological polar surface area (TPSA) is 59.7 Å². The second kappa shape index (κ2) is 8.72. The van der Waals surface area contributed by atoms with Crippen LogP contribution in [0.1, 0.15) is 36.3 Å². The highest BCUT2D eigenvalue weighted by atomic mass is 32.2. The lowest BCUT2D eigenvalue weighted by Gasteiger charge is -2.16. The molecule has 3 aromatic rings. The fourth-order valence-corrected chi connectivity index (χ4v) is 5.72. The highest BCUT2D eigenvalue weighted by molar-refractivity contribution is 7.99. The molecular formula is C23H25F3N6S. The van der Waals surface area contributed by atoms with Crippen LogP contribution in [0.15, 0.2) is 48.0 Å². The highest BCUT2D eigenvalue weighted by Crippen LogP contribution is 2.64. The van der Waals surface area contributed by atoms with Crippen molar-refractivity contribution in [2.75, 3.05) is 25.4 Å². The molecule has 1 saturated carbocycles. The Balaban J connectivity index is 1.09. The predicted octanol–water partition coefficient (Wildman–Crippen LogP) is 4.65. The first-order valence-corrected chi connectivity index (χ1v) is 12.0. The molecule has 1 aliphatic heterocycles. The lowest BCUT2D eigenvalue weighted by Crippen LogP contribution is -2.23. The maximum atomic E-state index is 12.8. The van der Waals surface area contributed by atoms with Crippen molar-refractivity contribution < 1.29 is 13.2 Å². The minimum Gasteiger partial charge on any atom is -0.304 e. The number of benzene rings is 1. The third-order valence-corrected chi connectivity index (χ3v) is 7.90. The number of nitrogens with zero attached hydrogens (tertiary/aromatic N) is 6. The number of aromatic nitrogens is 5. The largest absolute Gasteiger partial charge is 0.416 e. The van der Waals surface area contributed by atoms with Gasteiger partial charge >= 0.3 is 6.18 Å². The summed E-state index contributed by atoms with van der Waals surface area (Å²) in [7, 11) is 1.94. The van der Waals surface area contributed by atoms with E-state index in [1.165, 1.54) is 18.5 Å². The van der Waals surface area contributed by atoms with Gasteiger partial charge in [0.2, 0.25) is 0 Å². The lowest BCUT2D eigenvalue weighted by atomic mass is 9.97. The van der Waals surface area contributed by atoms with E-state index < -0.39 is 11.7 Å². The SMILES string of the molecule is Cn1c(SCCCN2CC[C@@]3(C[C@@H]3c3ccc(C(F)(F)F)cc3)C2)nnc1-c1ccncn1. The van der Waals surface area contributed by atoms with Crippen LogP contribution in [0.25, 0.3) is 11.5 Å². The zero-order valence-corrected chi connectivity index (χ0v) is 19.1. The molecule has 3 heterocycles. The van der Waals surface area contributed by atoms with Crippen LogP contribution < -0.4 is 0 Å². The highest BCUT2D eigenvalue weighted by Gasteiger charge is 2.57. The van der Waals surface area contributed by atoms with Crippen LogP contribution in [0.4, 0.5) is 13.2 Å². The quantitative estimate of drug-likeness (QED) is 0.367. The molecule has 1 aromatic carbocycles. The van der Waals surface area contributed by atoms with E-state index in [2.05, 4.69) is 25.1 Å². The zero-order chi connectivity index (χ0) is 23.1. The van der Waals surface area contributed by atoms with E-state index >= 15 is 0 Å². The van der Waals surface area contributed by atoms with Gasteiger partial charge in [0, 0.05) is 25.5 Å². The van der Waals surface area contributed by atoms with Gasteiger partial charge in [-0.25, -0.2) is 9.97 Å². The molecule has 0 N–H and O–H groups in total. The summed E-state index contributed by atoms with van der Waals surface area (Å²) in [5.41, 5.74) is 1.48. The summed E-state index contributed by atoms with van der Waals surface area (Å²) in [4.78, 5) is 10.7. The second-order valence-electron chi connectivity index (χ2n) is 8.93. The maximum Gasteiger partial charge on any atom is 0.416 e. The van der Waals surface area contributed by atoms with Crippen LogP contribution >= 0.6 is 11.8 Å². The standard InChI is InChI=1S/C23H25F3N6S/c1-31-20(19-7-9-27-15-28-19)29-30-21(31)33-12-2-10-32-11-8-22(14-32)13-18(22)16-3-5-17(6-4-16)23(24,25)26/h3-7,9,15,18H,2,8,10-14H2,1H3/t18-,22-/m1/s1. The van der Waals surface area contributed by atoms with E-state index in [1.54, 1.807) is 30.1 Å². The van der Waals surface area contributed by atoms with Crippen LogP contribution in [0, 0.1) is 5.41 Å². The number of rotatable bonds is 7.